The van der Waals surface area contributed by atoms with Crippen LogP contribution in [0.1, 0.15) is 17.1 Å². The first-order valence-corrected chi connectivity index (χ1v) is 7.69. The van der Waals surface area contributed by atoms with Gasteiger partial charge in [0.15, 0.2) is 11.6 Å². The summed E-state index contributed by atoms with van der Waals surface area (Å²) in [5.41, 5.74) is 2.09. The van der Waals surface area contributed by atoms with E-state index in [1.54, 1.807) is 0 Å². The number of nitrogens with one attached hydrogen (secondary N) is 2. The number of anilines is 3. The summed E-state index contributed by atoms with van der Waals surface area (Å²) in [6, 6.07) is 13.9. The third-order valence-electron chi connectivity index (χ3n) is 3.37. The zero-order chi connectivity index (χ0) is 16.9. The summed E-state index contributed by atoms with van der Waals surface area (Å²) in [6.07, 6.45) is 3.90. The number of aromatic amines is 1. The summed E-state index contributed by atoms with van der Waals surface area (Å²) in [6.45, 7) is 1.96. The van der Waals surface area contributed by atoms with Crippen LogP contribution in [0.3, 0.4) is 0 Å². The minimum Gasteiger partial charge on any atom is -0.363 e. The highest BCUT2D eigenvalue weighted by atomic mass is 15.2. The molecular formula is C18H20N6. The minimum absolute atomic E-state index is 0.639. The van der Waals surface area contributed by atoms with E-state index >= 15 is 0 Å². The van der Waals surface area contributed by atoms with Gasteiger partial charge >= 0.3 is 0 Å². The molecule has 0 atom stereocenters. The Morgan fingerprint density at radius 2 is 1.79 bits per heavy atom. The van der Waals surface area contributed by atoms with Crippen molar-refractivity contribution in [2.24, 2.45) is 0 Å². The van der Waals surface area contributed by atoms with E-state index in [9.17, 15) is 0 Å². The van der Waals surface area contributed by atoms with Crippen LogP contribution >= 0.6 is 0 Å². The predicted octanol–water partition coefficient (Wildman–Crippen LogP) is 3.49. The maximum atomic E-state index is 4.55. The van der Waals surface area contributed by atoms with E-state index < -0.39 is 0 Å². The smallest absolute Gasteiger partial charge is 0.156 e. The Hall–Kier alpha value is -3.15. The third kappa shape index (κ3) is 3.98. The highest BCUT2D eigenvalue weighted by Gasteiger charge is 2.06. The fourth-order valence-electron chi connectivity index (χ4n) is 2.17. The lowest BCUT2D eigenvalue weighted by Gasteiger charge is -2.13. The molecule has 1 aromatic carbocycles. The molecule has 0 fully saturated rings. The number of nitrogens with zero attached hydrogens (tertiary/aromatic N) is 4. The predicted molar refractivity (Wildman–Crippen MR) is 98.3 cm³/mol. The van der Waals surface area contributed by atoms with Gasteiger partial charge in [-0.25, -0.2) is 9.97 Å². The van der Waals surface area contributed by atoms with Crippen LogP contribution < -0.4 is 10.2 Å². The molecule has 0 amide bonds. The van der Waals surface area contributed by atoms with Gasteiger partial charge in [0.1, 0.15) is 11.6 Å². The molecule has 0 saturated carbocycles. The van der Waals surface area contributed by atoms with Gasteiger partial charge in [-0.2, -0.15) is 5.10 Å². The third-order valence-corrected chi connectivity index (χ3v) is 3.37. The zero-order valence-corrected chi connectivity index (χ0v) is 14.0. The van der Waals surface area contributed by atoms with Gasteiger partial charge in [0.2, 0.25) is 0 Å². The van der Waals surface area contributed by atoms with Gasteiger partial charge in [0, 0.05) is 31.9 Å². The molecule has 0 aliphatic heterocycles. The SMILES string of the molecule is Cc1cc(Nc2cc(N(C)C)nc(C=Cc3ccccc3)n2)n[nH]1. The summed E-state index contributed by atoms with van der Waals surface area (Å²) < 4.78 is 0. The average Bonchev–Trinajstić information content (AvgIpc) is 2.98. The zero-order valence-electron chi connectivity index (χ0n) is 14.0. The Balaban J connectivity index is 1.89. The van der Waals surface area contributed by atoms with E-state index in [0.29, 0.717) is 11.6 Å². The fourth-order valence-corrected chi connectivity index (χ4v) is 2.17. The summed E-state index contributed by atoms with van der Waals surface area (Å²) >= 11 is 0. The molecule has 3 rings (SSSR count). The van der Waals surface area contributed by atoms with Crippen molar-refractivity contribution >= 4 is 29.6 Å². The van der Waals surface area contributed by atoms with Crippen molar-refractivity contribution in [3.8, 4) is 0 Å². The Morgan fingerprint density at radius 3 is 2.46 bits per heavy atom. The molecule has 3 aromatic rings. The van der Waals surface area contributed by atoms with Crippen molar-refractivity contribution in [1.29, 1.82) is 0 Å². The molecule has 122 valence electrons. The van der Waals surface area contributed by atoms with Gasteiger partial charge in [-0.15, -0.1) is 0 Å². The summed E-state index contributed by atoms with van der Waals surface area (Å²) in [7, 11) is 3.91. The Labute approximate surface area is 141 Å². The topological polar surface area (TPSA) is 69.7 Å². The molecule has 24 heavy (non-hydrogen) atoms. The summed E-state index contributed by atoms with van der Waals surface area (Å²) in [5, 5.41) is 10.3. The summed E-state index contributed by atoms with van der Waals surface area (Å²) in [5.74, 6) is 2.90. The highest BCUT2D eigenvalue weighted by molar-refractivity contribution is 5.68. The quantitative estimate of drug-likeness (QED) is 0.753. The van der Waals surface area contributed by atoms with Crippen LogP contribution in [0, 0.1) is 6.92 Å². The monoisotopic (exact) mass is 320 g/mol. The van der Waals surface area contributed by atoms with Crippen LogP contribution in [0.4, 0.5) is 17.5 Å². The molecule has 6 heteroatoms. The average molecular weight is 320 g/mol. The lowest BCUT2D eigenvalue weighted by Crippen LogP contribution is -2.12. The van der Waals surface area contributed by atoms with Crippen LogP contribution in [0.15, 0.2) is 42.5 Å². The molecule has 0 bridgehead atoms. The van der Waals surface area contributed by atoms with Gasteiger partial charge in [-0.05, 0) is 18.6 Å². The molecule has 0 radical (unpaired) electrons. The minimum atomic E-state index is 0.639. The molecule has 0 aliphatic rings. The molecular weight excluding hydrogens is 300 g/mol. The molecule has 2 N–H and O–H groups in total. The van der Waals surface area contributed by atoms with Crippen molar-refractivity contribution in [2.45, 2.75) is 6.92 Å². The molecule has 0 unspecified atom stereocenters. The van der Waals surface area contributed by atoms with E-state index in [4.69, 9.17) is 0 Å². The molecule has 0 aliphatic carbocycles. The number of benzene rings is 1. The Bertz CT molecular complexity index is 836. The first kappa shape index (κ1) is 15.7. The fraction of sp³-hybridized carbons (Fsp3) is 0.167. The lowest BCUT2D eigenvalue weighted by molar-refractivity contribution is 1.02. The van der Waals surface area contributed by atoms with E-state index in [1.807, 2.05) is 80.5 Å². The lowest BCUT2D eigenvalue weighted by atomic mass is 10.2. The van der Waals surface area contributed by atoms with Crippen molar-refractivity contribution in [1.82, 2.24) is 20.2 Å². The Morgan fingerprint density at radius 1 is 1.00 bits per heavy atom. The van der Waals surface area contributed by atoms with E-state index in [-0.39, 0.29) is 0 Å². The Kier molecular flexibility index (Phi) is 4.56. The van der Waals surface area contributed by atoms with E-state index in [0.717, 1.165) is 22.9 Å². The molecule has 2 heterocycles. The molecule has 2 aromatic heterocycles. The van der Waals surface area contributed by atoms with Gasteiger partial charge in [0.05, 0.1) is 0 Å². The van der Waals surface area contributed by atoms with Gasteiger partial charge in [-0.3, -0.25) is 5.10 Å². The second kappa shape index (κ2) is 6.95. The normalized spacial score (nSPS) is 11.0. The van der Waals surface area contributed by atoms with Crippen molar-refractivity contribution in [2.75, 3.05) is 24.3 Å². The molecule has 0 spiro atoms. The van der Waals surface area contributed by atoms with E-state index in [2.05, 4.69) is 25.5 Å². The largest absolute Gasteiger partial charge is 0.363 e. The van der Waals surface area contributed by atoms with Crippen molar-refractivity contribution in [3.05, 3.63) is 59.5 Å². The van der Waals surface area contributed by atoms with Crippen molar-refractivity contribution < 1.29 is 0 Å². The number of aryl methyl sites for hydroxylation is 1. The number of aromatic nitrogens is 4. The second-order valence-corrected chi connectivity index (χ2v) is 5.67. The maximum Gasteiger partial charge on any atom is 0.156 e. The second-order valence-electron chi connectivity index (χ2n) is 5.67. The van der Waals surface area contributed by atoms with Crippen LogP contribution in [-0.2, 0) is 0 Å². The highest BCUT2D eigenvalue weighted by Crippen LogP contribution is 2.19. The van der Waals surface area contributed by atoms with Crippen molar-refractivity contribution in [3.63, 3.8) is 0 Å². The van der Waals surface area contributed by atoms with Crippen LogP contribution in [0.5, 0.6) is 0 Å². The number of hydrogen-bond donors (Lipinski definition) is 2. The van der Waals surface area contributed by atoms with Gasteiger partial charge in [0.25, 0.3) is 0 Å². The molecule has 0 saturated heterocycles. The number of hydrogen-bond acceptors (Lipinski definition) is 5. The van der Waals surface area contributed by atoms with Crippen LogP contribution in [-0.4, -0.2) is 34.3 Å². The van der Waals surface area contributed by atoms with Crippen LogP contribution in [0.2, 0.25) is 0 Å². The molecule has 6 nitrogen and oxygen atoms in total. The van der Waals surface area contributed by atoms with Gasteiger partial charge < -0.3 is 10.2 Å². The maximum absolute atomic E-state index is 4.55. The van der Waals surface area contributed by atoms with E-state index in [1.165, 1.54) is 0 Å². The first-order valence-electron chi connectivity index (χ1n) is 7.69. The standard InChI is InChI=1S/C18H20N6/c1-13-11-17(23-22-13)20-16-12-18(24(2)3)21-15(19-16)10-9-14-7-5-4-6-8-14/h4-12H,1-3H3,(H2,19,20,21,22,23). The van der Waals surface area contributed by atoms with Gasteiger partial charge in [-0.1, -0.05) is 36.4 Å². The summed E-state index contributed by atoms with van der Waals surface area (Å²) in [4.78, 5) is 11.0. The van der Waals surface area contributed by atoms with Crippen LogP contribution in [0.25, 0.3) is 12.2 Å². The number of H-pyrrole nitrogens is 1. The first-order chi connectivity index (χ1) is 11.6. The number of rotatable bonds is 5.